The van der Waals surface area contributed by atoms with E-state index in [4.69, 9.17) is 0 Å². The first-order valence-electron chi connectivity index (χ1n) is 8.40. The van der Waals surface area contributed by atoms with E-state index in [1.54, 1.807) is 0 Å². The van der Waals surface area contributed by atoms with Crippen LogP contribution in [0.5, 0.6) is 0 Å². The van der Waals surface area contributed by atoms with Gasteiger partial charge in [-0.2, -0.15) is 0 Å². The molecule has 0 spiro atoms. The molecule has 0 saturated heterocycles. The minimum absolute atomic E-state index is 0.0778. The highest BCUT2D eigenvalue weighted by Gasteiger charge is 2.46. The van der Waals surface area contributed by atoms with Crippen molar-refractivity contribution in [3.63, 3.8) is 0 Å². The largest absolute Gasteiger partial charge is 0.388 e. The van der Waals surface area contributed by atoms with Crippen LogP contribution in [0.15, 0.2) is 30.3 Å². The monoisotopic (exact) mass is 309 g/mol. The SMILES string of the molecule is CC[P+](CC)(CC)[C@H](C)[C@H](O)C(C)(C)Cc1ccccc1. The van der Waals surface area contributed by atoms with Crippen molar-refractivity contribution < 1.29 is 5.11 Å². The summed E-state index contributed by atoms with van der Waals surface area (Å²) in [7, 11) is -1.04. The van der Waals surface area contributed by atoms with Crippen molar-refractivity contribution in [1.29, 1.82) is 0 Å². The molecule has 0 unspecified atom stereocenters. The second-order valence-electron chi connectivity index (χ2n) is 7.00. The van der Waals surface area contributed by atoms with Crippen molar-refractivity contribution in [3.8, 4) is 0 Å². The number of benzene rings is 1. The molecule has 0 aliphatic rings. The minimum atomic E-state index is -1.04. The topological polar surface area (TPSA) is 20.2 Å². The fraction of sp³-hybridized carbons (Fsp3) is 0.684. The molecule has 1 aromatic rings. The summed E-state index contributed by atoms with van der Waals surface area (Å²) < 4.78 is 0. The lowest BCUT2D eigenvalue weighted by Gasteiger charge is -2.40. The first-order chi connectivity index (χ1) is 9.83. The lowest BCUT2D eigenvalue weighted by molar-refractivity contribution is 0.0500. The number of hydrogen-bond acceptors (Lipinski definition) is 1. The summed E-state index contributed by atoms with van der Waals surface area (Å²) in [6, 6.07) is 10.6. The van der Waals surface area contributed by atoms with E-state index in [1.807, 2.05) is 0 Å². The van der Waals surface area contributed by atoms with E-state index in [0.717, 1.165) is 6.42 Å². The molecule has 120 valence electrons. The molecule has 1 aromatic carbocycles. The van der Waals surface area contributed by atoms with Gasteiger partial charge in [0.05, 0.1) is 30.2 Å². The Hall–Kier alpha value is -0.390. The van der Waals surface area contributed by atoms with Gasteiger partial charge in [0, 0.05) is 7.26 Å². The molecule has 1 N–H and O–H groups in total. The molecule has 0 radical (unpaired) electrons. The molecular weight excluding hydrogens is 275 g/mol. The Balaban J connectivity index is 2.91. The van der Waals surface area contributed by atoms with E-state index < -0.39 is 7.26 Å². The lowest BCUT2D eigenvalue weighted by atomic mass is 9.79. The average molecular weight is 309 g/mol. The lowest BCUT2D eigenvalue weighted by Crippen LogP contribution is -2.41. The summed E-state index contributed by atoms with van der Waals surface area (Å²) in [5.41, 5.74) is 1.67. The zero-order chi connectivity index (χ0) is 16.1. The molecule has 1 nitrogen and oxygen atoms in total. The molecule has 0 bridgehead atoms. The maximum Gasteiger partial charge on any atom is 0.0953 e. The Labute approximate surface area is 132 Å². The smallest absolute Gasteiger partial charge is 0.0953 e. The highest BCUT2D eigenvalue weighted by molar-refractivity contribution is 7.76. The molecular formula is C19H34OP+. The molecule has 1 rings (SSSR count). The first-order valence-corrected chi connectivity index (χ1v) is 10.8. The fourth-order valence-electron chi connectivity index (χ4n) is 3.71. The normalized spacial score (nSPS) is 15.8. The molecule has 2 heteroatoms. The molecule has 0 heterocycles. The van der Waals surface area contributed by atoms with Crippen LogP contribution in [0.2, 0.25) is 0 Å². The first kappa shape index (κ1) is 18.7. The van der Waals surface area contributed by atoms with E-state index in [2.05, 4.69) is 71.9 Å². The summed E-state index contributed by atoms with van der Waals surface area (Å²) in [6.45, 7) is 13.7. The predicted octanol–water partition coefficient (Wildman–Crippen LogP) is 5.08. The van der Waals surface area contributed by atoms with E-state index >= 15 is 0 Å². The van der Waals surface area contributed by atoms with Crippen LogP contribution in [0, 0.1) is 5.41 Å². The third-order valence-corrected chi connectivity index (χ3v) is 11.3. The van der Waals surface area contributed by atoms with Gasteiger partial charge in [0.15, 0.2) is 0 Å². The maximum absolute atomic E-state index is 11.1. The van der Waals surface area contributed by atoms with Crippen LogP contribution in [0.25, 0.3) is 0 Å². The van der Waals surface area contributed by atoms with Crippen LogP contribution in [-0.2, 0) is 6.42 Å². The summed E-state index contributed by atoms with van der Waals surface area (Å²) in [5.74, 6) is 0. The number of aliphatic hydroxyl groups is 1. The van der Waals surface area contributed by atoms with Gasteiger partial charge in [0.25, 0.3) is 0 Å². The van der Waals surface area contributed by atoms with Gasteiger partial charge in [-0.1, -0.05) is 44.2 Å². The number of hydrogen-bond donors (Lipinski definition) is 1. The maximum atomic E-state index is 11.1. The van der Waals surface area contributed by atoms with Crippen LogP contribution in [0.1, 0.15) is 47.1 Å². The van der Waals surface area contributed by atoms with Gasteiger partial charge in [-0.15, -0.1) is 0 Å². The van der Waals surface area contributed by atoms with Gasteiger partial charge in [-0.3, -0.25) is 0 Å². The Morgan fingerprint density at radius 3 is 1.90 bits per heavy atom. The molecule has 2 atom stereocenters. The Bertz CT molecular complexity index is 401. The van der Waals surface area contributed by atoms with Crippen molar-refractivity contribution in [3.05, 3.63) is 35.9 Å². The molecule has 0 fully saturated rings. The fourth-order valence-corrected chi connectivity index (χ4v) is 7.79. The van der Waals surface area contributed by atoms with Gasteiger partial charge in [0.1, 0.15) is 0 Å². The molecule has 0 saturated carbocycles. The Morgan fingerprint density at radius 1 is 1.00 bits per heavy atom. The van der Waals surface area contributed by atoms with Crippen molar-refractivity contribution in [2.45, 2.75) is 59.7 Å². The van der Waals surface area contributed by atoms with Gasteiger partial charge in [0.2, 0.25) is 0 Å². The Kier molecular flexibility index (Phi) is 6.88. The third-order valence-electron chi connectivity index (χ3n) is 5.51. The highest BCUT2D eigenvalue weighted by Crippen LogP contribution is 2.64. The standard InChI is InChI=1S/C19H34OP/c1-7-21(8-2,9-3)16(4)18(20)19(5,6)15-17-13-11-10-12-14-17/h10-14,16,18,20H,7-9,15H2,1-6H3/q+1/t16-,18+/m1/s1. The Morgan fingerprint density at radius 2 is 1.48 bits per heavy atom. The molecule has 21 heavy (non-hydrogen) atoms. The average Bonchev–Trinajstić information content (AvgIpc) is 2.49. The predicted molar refractivity (Wildman–Crippen MR) is 97.9 cm³/mol. The van der Waals surface area contributed by atoms with Crippen molar-refractivity contribution in [2.24, 2.45) is 5.41 Å². The van der Waals surface area contributed by atoms with Crippen molar-refractivity contribution in [1.82, 2.24) is 0 Å². The van der Waals surface area contributed by atoms with Crippen LogP contribution < -0.4 is 0 Å². The second kappa shape index (κ2) is 7.75. The minimum Gasteiger partial charge on any atom is -0.388 e. The van der Waals surface area contributed by atoms with Gasteiger partial charge in [-0.25, -0.2) is 0 Å². The van der Waals surface area contributed by atoms with Crippen LogP contribution >= 0.6 is 7.26 Å². The highest BCUT2D eigenvalue weighted by atomic mass is 31.2. The summed E-state index contributed by atoms with van der Waals surface area (Å²) in [4.78, 5) is 0. The summed E-state index contributed by atoms with van der Waals surface area (Å²) in [6.07, 6.45) is 4.46. The molecule has 0 aromatic heterocycles. The van der Waals surface area contributed by atoms with Gasteiger partial charge < -0.3 is 5.11 Å². The summed E-state index contributed by atoms with van der Waals surface area (Å²) in [5, 5.41) is 11.1. The van der Waals surface area contributed by atoms with Gasteiger partial charge in [-0.05, 0) is 45.1 Å². The van der Waals surface area contributed by atoms with Crippen LogP contribution in [0.3, 0.4) is 0 Å². The van der Waals surface area contributed by atoms with E-state index in [1.165, 1.54) is 24.0 Å². The van der Waals surface area contributed by atoms with Crippen LogP contribution in [-0.4, -0.2) is 35.4 Å². The number of aliphatic hydroxyl groups excluding tert-OH is 1. The number of rotatable bonds is 8. The van der Waals surface area contributed by atoms with Crippen molar-refractivity contribution in [2.75, 3.05) is 18.5 Å². The van der Waals surface area contributed by atoms with E-state index in [0.29, 0.717) is 5.66 Å². The molecule has 0 aliphatic heterocycles. The summed E-state index contributed by atoms with van der Waals surface area (Å²) >= 11 is 0. The van der Waals surface area contributed by atoms with E-state index in [-0.39, 0.29) is 11.5 Å². The van der Waals surface area contributed by atoms with E-state index in [9.17, 15) is 5.11 Å². The zero-order valence-corrected chi connectivity index (χ0v) is 15.7. The third kappa shape index (κ3) is 4.30. The van der Waals surface area contributed by atoms with Crippen LogP contribution in [0.4, 0.5) is 0 Å². The molecule has 0 aliphatic carbocycles. The second-order valence-corrected chi connectivity index (χ2v) is 12.2. The quantitative estimate of drug-likeness (QED) is 0.664. The zero-order valence-electron chi connectivity index (χ0n) is 14.8. The van der Waals surface area contributed by atoms with Gasteiger partial charge >= 0.3 is 0 Å². The van der Waals surface area contributed by atoms with Crippen molar-refractivity contribution >= 4 is 7.26 Å². The molecule has 0 amide bonds.